The molecule has 4 heteroatoms. The molecule has 0 fully saturated rings. The first-order valence-electron chi connectivity index (χ1n) is 6.81. The maximum absolute atomic E-state index is 10.0. The van der Waals surface area contributed by atoms with Gasteiger partial charge in [-0.2, -0.15) is 0 Å². The largest absolute Gasteiger partial charge is 0.390 e. The van der Waals surface area contributed by atoms with E-state index in [9.17, 15) is 5.11 Å². The second-order valence-corrected chi connectivity index (χ2v) is 6.56. The molecular weight excluding hydrogens is 244 g/mol. The summed E-state index contributed by atoms with van der Waals surface area (Å²) >= 11 is 1.86. The average molecular weight is 268 g/mol. The highest BCUT2D eigenvalue weighted by atomic mass is 32.1. The van der Waals surface area contributed by atoms with Crippen LogP contribution in [0, 0.1) is 5.92 Å². The van der Waals surface area contributed by atoms with Crippen LogP contribution >= 0.6 is 11.3 Å². The van der Waals surface area contributed by atoms with Gasteiger partial charge < -0.3 is 10.4 Å². The SMILES string of the molecule is CC(C)CNCC(O)CN1CCc2sccc2C1. The molecule has 0 bridgehead atoms. The lowest BCUT2D eigenvalue weighted by molar-refractivity contribution is 0.104. The van der Waals surface area contributed by atoms with Gasteiger partial charge in [-0.15, -0.1) is 11.3 Å². The molecule has 0 saturated heterocycles. The molecule has 2 N–H and O–H groups in total. The number of nitrogens with one attached hydrogen (secondary N) is 1. The fraction of sp³-hybridized carbons (Fsp3) is 0.714. The number of fused-ring (bicyclic) bond motifs is 1. The van der Waals surface area contributed by atoms with Crippen molar-refractivity contribution in [2.45, 2.75) is 32.9 Å². The first-order valence-corrected chi connectivity index (χ1v) is 7.69. The highest BCUT2D eigenvalue weighted by molar-refractivity contribution is 7.10. The Morgan fingerprint density at radius 3 is 3.06 bits per heavy atom. The maximum atomic E-state index is 10.0. The van der Waals surface area contributed by atoms with Gasteiger partial charge in [0.05, 0.1) is 6.10 Å². The van der Waals surface area contributed by atoms with E-state index in [4.69, 9.17) is 0 Å². The first-order chi connectivity index (χ1) is 8.65. The standard InChI is InChI=1S/C14H24N2OS/c1-11(2)7-15-8-13(17)10-16-5-3-14-12(9-16)4-6-18-14/h4,6,11,13,15,17H,3,5,7-10H2,1-2H3. The number of thiophene rings is 1. The van der Waals surface area contributed by atoms with Crippen LogP contribution in [0.1, 0.15) is 24.3 Å². The molecule has 18 heavy (non-hydrogen) atoms. The van der Waals surface area contributed by atoms with Crippen LogP contribution in [0.15, 0.2) is 11.4 Å². The third-order valence-electron chi connectivity index (χ3n) is 3.29. The quantitative estimate of drug-likeness (QED) is 0.824. The van der Waals surface area contributed by atoms with Gasteiger partial charge in [-0.05, 0) is 35.9 Å². The van der Waals surface area contributed by atoms with Crippen molar-refractivity contribution in [2.75, 3.05) is 26.2 Å². The highest BCUT2D eigenvalue weighted by Crippen LogP contribution is 2.23. The number of β-amino-alcohol motifs (C(OH)–C–C–N with tert-alkyl or cyclic N) is 1. The van der Waals surface area contributed by atoms with Gasteiger partial charge in [0.1, 0.15) is 0 Å². The minimum absolute atomic E-state index is 0.260. The minimum Gasteiger partial charge on any atom is -0.390 e. The molecule has 0 amide bonds. The summed E-state index contributed by atoms with van der Waals surface area (Å²) in [6.07, 6.45) is 0.878. The molecule has 102 valence electrons. The zero-order chi connectivity index (χ0) is 13.0. The number of hydrogen-bond donors (Lipinski definition) is 2. The molecule has 1 aromatic heterocycles. The molecule has 3 nitrogen and oxygen atoms in total. The Morgan fingerprint density at radius 1 is 1.44 bits per heavy atom. The number of nitrogens with zero attached hydrogens (tertiary/aromatic N) is 1. The third kappa shape index (κ3) is 4.05. The summed E-state index contributed by atoms with van der Waals surface area (Å²) < 4.78 is 0. The van der Waals surface area contributed by atoms with Gasteiger partial charge in [0.15, 0.2) is 0 Å². The molecule has 1 aromatic rings. The average Bonchev–Trinajstić information content (AvgIpc) is 2.75. The Morgan fingerprint density at radius 2 is 2.28 bits per heavy atom. The summed E-state index contributed by atoms with van der Waals surface area (Å²) in [5, 5.41) is 15.5. The predicted molar refractivity (Wildman–Crippen MR) is 77.0 cm³/mol. The van der Waals surface area contributed by atoms with Gasteiger partial charge in [0.25, 0.3) is 0 Å². The van der Waals surface area contributed by atoms with E-state index in [-0.39, 0.29) is 6.10 Å². The van der Waals surface area contributed by atoms with Crippen LogP contribution in [0.2, 0.25) is 0 Å². The van der Waals surface area contributed by atoms with Crippen molar-refractivity contribution >= 4 is 11.3 Å². The summed E-state index contributed by atoms with van der Waals surface area (Å²) in [6, 6.07) is 2.22. The summed E-state index contributed by atoms with van der Waals surface area (Å²) in [5.41, 5.74) is 1.45. The lowest BCUT2D eigenvalue weighted by Crippen LogP contribution is -2.41. The van der Waals surface area contributed by atoms with Crippen LogP contribution < -0.4 is 5.32 Å². The van der Waals surface area contributed by atoms with Crippen LogP contribution in [0.25, 0.3) is 0 Å². The van der Waals surface area contributed by atoms with Gasteiger partial charge in [0.2, 0.25) is 0 Å². The molecule has 0 radical (unpaired) electrons. The van der Waals surface area contributed by atoms with E-state index in [1.807, 2.05) is 11.3 Å². The lowest BCUT2D eigenvalue weighted by Gasteiger charge is -2.28. The number of aliphatic hydroxyl groups excluding tert-OH is 1. The van der Waals surface area contributed by atoms with E-state index < -0.39 is 0 Å². The highest BCUT2D eigenvalue weighted by Gasteiger charge is 2.19. The second kappa shape index (κ2) is 6.66. The van der Waals surface area contributed by atoms with Crippen molar-refractivity contribution in [3.8, 4) is 0 Å². The van der Waals surface area contributed by atoms with Gasteiger partial charge in [0, 0.05) is 31.1 Å². The summed E-state index contributed by atoms with van der Waals surface area (Å²) in [7, 11) is 0. The van der Waals surface area contributed by atoms with Gasteiger partial charge in [-0.25, -0.2) is 0 Å². The Bertz CT molecular complexity index is 364. The van der Waals surface area contributed by atoms with Crippen molar-refractivity contribution in [3.63, 3.8) is 0 Å². The van der Waals surface area contributed by atoms with Crippen LogP contribution in [0.5, 0.6) is 0 Å². The monoisotopic (exact) mass is 268 g/mol. The summed E-state index contributed by atoms with van der Waals surface area (Å²) in [6.45, 7) is 8.90. The molecule has 2 heterocycles. The Kier molecular flexibility index (Phi) is 5.18. The van der Waals surface area contributed by atoms with E-state index in [0.717, 1.165) is 32.6 Å². The molecular formula is C14H24N2OS. The molecule has 0 saturated carbocycles. The topological polar surface area (TPSA) is 35.5 Å². The molecule has 0 aromatic carbocycles. The molecule has 1 aliphatic heterocycles. The summed E-state index contributed by atoms with van der Waals surface area (Å²) in [5.74, 6) is 0.639. The van der Waals surface area contributed by atoms with Crippen molar-refractivity contribution in [1.29, 1.82) is 0 Å². The number of aliphatic hydroxyl groups is 1. The minimum atomic E-state index is -0.260. The smallest absolute Gasteiger partial charge is 0.0791 e. The maximum Gasteiger partial charge on any atom is 0.0791 e. The fourth-order valence-electron chi connectivity index (χ4n) is 2.36. The lowest BCUT2D eigenvalue weighted by atomic mass is 10.1. The van der Waals surface area contributed by atoms with E-state index in [0.29, 0.717) is 12.5 Å². The van der Waals surface area contributed by atoms with Crippen LogP contribution in [-0.4, -0.2) is 42.3 Å². The Balaban J connectivity index is 1.71. The van der Waals surface area contributed by atoms with Crippen LogP contribution in [0.4, 0.5) is 0 Å². The van der Waals surface area contributed by atoms with E-state index in [1.165, 1.54) is 10.4 Å². The van der Waals surface area contributed by atoms with Crippen LogP contribution in [-0.2, 0) is 13.0 Å². The molecule has 1 aliphatic rings. The predicted octanol–water partition coefficient (Wildman–Crippen LogP) is 1.71. The summed E-state index contributed by atoms with van der Waals surface area (Å²) in [4.78, 5) is 3.88. The zero-order valence-electron chi connectivity index (χ0n) is 11.4. The first kappa shape index (κ1) is 14.0. The van der Waals surface area contributed by atoms with Gasteiger partial charge in [-0.1, -0.05) is 13.8 Å². The number of rotatable bonds is 6. The second-order valence-electron chi connectivity index (χ2n) is 5.56. The molecule has 2 rings (SSSR count). The van der Waals surface area contributed by atoms with Crippen molar-refractivity contribution < 1.29 is 5.11 Å². The Labute approximate surface area is 114 Å². The van der Waals surface area contributed by atoms with E-state index in [2.05, 4.69) is 35.5 Å². The number of hydrogen-bond acceptors (Lipinski definition) is 4. The van der Waals surface area contributed by atoms with E-state index in [1.54, 1.807) is 0 Å². The molecule has 0 aliphatic carbocycles. The molecule has 0 spiro atoms. The van der Waals surface area contributed by atoms with E-state index >= 15 is 0 Å². The van der Waals surface area contributed by atoms with Crippen molar-refractivity contribution in [1.82, 2.24) is 10.2 Å². The zero-order valence-corrected chi connectivity index (χ0v) is 12.2. The molecule has 1 unspecified atom stereocenters. The third-order valence-corrected chi connectivity index (χ3v) is 4.31. The van der Waals surface area contributed by atoms with Crippen molar-refractivity contribution in [2.24, 2.45) is 5.92 Å². The normalized spacial score (nSPS) is 18.0. The van der Waals surface area contributed by atoms with Crippen LogP contribution in [0.3, 0.4) is 0 Å². The fourth-order valence-corrected chi connectivity index (χ4v) is 3.25. The van der Waals surface area contributed by atoms with Crippen molar-refractivity contribution in [3.05, 3.63) is 21.9 Å². The van der Waals surface area contributed by atoms with Gasteiger partial charge >= 0.3 is 0 Å². The van der Waals surface area contributed by atoms with Gasteiger partial charge in [-0.3, -0.25) is 4.90 Å². The Hall–Kier alpha value is -0.420. The molecule has 1 atom stereocenters.